The largest absolute Gasteiger partial charge is 0.376 e. The molecule has 0 aliphatic heterocycles. The molecule has 1 unspecified atom stereocenters. The van der Waals surface area contributed by atoms with E-state index in [9.17, 15) is 0 Å². The van der Waals surface area contributed by atoms with Crippen molar-refractivity contribution >= 4 is 5.70 Å². The number of hydrogen-bond donors (Lipinski definition) is 1. The van der Waals surface area contributed by atoms with Gasteiger partial charge in [-0.2, -0.15) is 0 Å². The van der Waals surface area contributed by atoms with Crippen molar-refractivity contribution in [3.8, 4) is 0 Å². The molecule has 3 nitrogen and oxygen atoms in total. The van der Waals surface area contributed by atoms with Crippen LogP contribution in [0, 0.1) is 0 Å². The molecule has 1 N–H and O–H groups in total. The molecule has 0 saturated carbocycles. The minimum atomic E-state index is 0.242. The SMILES string of the molecule is C=CC(CCC)NC(=C)c1ncccn1. The number of nitrogens with one attached hydrogen (secondary N) is 1. The molecular formula is C12H17N3. The van der Waals surface area contributed by atoms with Gasteiger partial charge in [-0.1, -0.05) is 26.0 Å². The summed E-state index contributed by atoms with van der Waals surface area (Å²) < 4.78 is 0. The number of aromatic nitrogens is 2. The van der Waals surface area contributed by atoms with Gasteiger partial charge in [0.1, 0.15) is 0 Å². The molecular weight excluding hydrogens is 186 g/mol. The van der Waals surface area contributed by atoms with Gasteiger partial charge in [-0.3, -0.25) is 0 Å². The maximum atomic E-state index is 4.12. The van der Waals surface area contributed by atoms with Gasteiger partial charge in [0.2, 0.25) is 0 Å². The molecule has 0 fully saturated rings. The average Bonchev–Trinajstić information content (AvgIpc) is 2.29. The monoisotopic (exact) mass is 203 g/mol. The molecule has 0 aliphatic carbocycles. The minimum absolute atomic E-state index is 0.242. The van der Waals surface area contributed by atoms with Crippen molar-refractivity contribution in [3.63, 3.8) is 0 Å². The Morgan fingerprint density at radius 3 is 2.73 bits per heavy atom. The van der Waals surface area contributed by atoms with Crippen molar-refractivity contribution in [1.29, 1.82) is 0 Å². The maximum absolute atomic E-state index is 4.12. The summed E-state index contributed by atoms with van der Waals surface area (Å²) in [7, 11) is 0. The standard InChI is InChI=1S/C12H17N3/c1-4-7-11(5-2)15-10(3)12-13-8-6-9-14-12/h5-6,8-9,11,15H,2-4,7H2,1H3. The zero-order chi connectivity index (χ0) is 11.1. The molecule has 0 saturated heterocycles. The van der Waals surface area contributed by atoms with E-state index in [-0.39, 0.29) is 6.04 Å². The first-order chi connectivity index (χ1) is 7.27. The first-order valence-electron chi connectivity index (χ1n) is 5.13. The van der Waals surface area contributed by atoms with Crippen LogP contribution in [0.5, 0.6) is 0 Å². The molecule has 15 heavy (non-hydrogen) atoms. The van der Waals surface area contributed by atoms with Gasteiger partial charge < -0.3 is 5.32 Å². The van der Waals surface area contributed by atoms with Gasteiger partial charge in [0, 0.05) is 18.4 Å². The minimum Gasteiger partial charge on any atom is -0.376 e. The average molecular weight is 203 g/mol. The third kappa shape index (κ3) is 3.54. The lowest BCUT2D eigenvalue weighted by molar-refractivity contribution is 0.635. The van der Waals surface area contributed by atoms with E-state index < -0.39 is 0 Å². The Morgan fingerprint density at radius 1 is 1.53 bits per heavy atom. The molecule has 1 rings (SSSR count). The van der Waals surface area contributed by atoms with Gasteiger partial charge in [0.25, 0.3) is 0 Å². The fraction of sp³-hybridized carbons (Fsp3) is 0.333. The van der Waals surface area contributed by atoms with Gasteiger partial charge in [0.15, 0.2) is 5.82 Å². The molecule has 1 atom stereocenters. The van der Waals surface area contributed by atoms with Crippen molar-refractivity contribution in [3.05, 3.63) is 43.5 Å². The van der Waals surface area contributed by atoms with Crippen LogP contribution < -0.4 is 5.32 Å². The second-order valence-electron chi connectivity index (χ2n) is 3.33. The van der Waals surface area contributed by atoms with Crippen molar-refractivity contribution in [2.24, 2.45) is 0 Å². The van der Waals surface area contributed by atoms with E-state index in [2.05, 4.69) is 35.4 Å². The Labute approximate surface area is 91.0 Å². The molecule has 0 aromatic carbocycles. The van der Waals surface area contributed by atoms with Gasteiger partial charge >= 0.3 is 0 Å². The summed E-state index contributed by atoms with van der Waals surface area (Å²) >= 11 is 0. The van der Waals surface area contributed by atoms with E-state index >= 15 is 0 Å². The lowest BCUT2D eigenvalue weighted by Gasteiger charge is -2.15. The predicted octanol–water partition coefficient (Wildman–Crippen LogP) is 2.39. The molecule has 1 aromatic rings. The molecule has 0 spiro atoms. The maximum Gasteiger partial charge on any atom is 0.174 e. The molecule has 0 radical (unpaired) electrons. The van der Waals surface area contributed by atoms with E-state index in [0.29, 0.717) is 5.82 Å². The molecule has 0 amide bonds. The quantitative estimate of drug-likeness (QED) is 0.721. The highest BCUT2D eigenvalue weighted by molar-refractivity contribution is 5.54. The number of hydrogen-bond acceptors (Lipinski definition) is 3. The number of rotatable bonds is 6. The summed E-state index contributed by atoms with van der Waals surface area (Å²) in [6.45, 7) is 9.83. The molecule has 1 heterocycles. The van der Waals surface area contributed by atoms with Crippen molar-refractivity contribution in [2.45, 2.75) is 25.8 Å². The number of nitrogens with zero attached hydrogens (tertiary/aromatic N) is 2. The van der Waals surface area contributed by atoms with Crippen LogP contribution in [0.25, 0.3) is 5.70 Å². The van der Waals surface area contributed by atoms with E-state index in [4.69, 9.17) is 0 Å². The Kier molecular flexibility index (Phi) is 4.54. The van der Waals surface area contributed by atoms with Crippen LogP contribution in [0.3, 0.4) is 0 Å². The van der Waals surface area contributed by atoms with E-state index in [0.717, 1.165) is 18.5 Å². The fourth-order valence-corrected chi connectivity index (χ4v) is 1.30. The van der Waals surface area contributed by atoms with Crippen molar-refractivity contribution < 1.29 is 0 Å². The highest BCUT2D eigenvalue weighted by atomic mass is 15.0. The van der Waals surface area contributed by atoms with Gasteiger partial charge in [-0.15, -0.1) is 6.58 Å². The lowest BCUT2D eigenvalue weighted by Crippen LogP contribution is -2.25. The topological polar surface area (TPSA) is 37.8 Å². The highest BCUT2D eigenvalue weighted by Gasteiger charge is 2.06. The lowest BCUT2D eigenvalue weighted by atomic mass is 10.1. The molecule has 80 valence electrons. The second kappa shape index (κ2) is 5.96. The van der Waals surface area contributed by atoms with E-state index in [1.54, 1.807) is 18.5 Å². The van der Waals surface area contributed by atoms with Gasteiger partial charge in [0.05, 0.1) is 5.70 Å². The van der Waals surface area contributed by atoms with Crippen LogP contribution in [0.15, 0.2) is 37.7 Å². The summed E-state index contributed by atoms with van der Waals surface area (Å²) in [5, 5.41) is 3.25. The summed E-state index contributed by atoms with van der Waals surface area (Å²) in [6, 6.07) is 2.03. The Hall–Kier alpha value is -1.64. The van der Waals surface area contributed by atoms with Crippen LogP contribution in [-0.2, 0) is 0 Å². The second-order valence-corrected chi connectivity index (χ2v) is 3.33. The summed E-state index contributed by atoms with van der Waals surface area (Å²) in [5.41, 5.74) is 0.744. The van der Waals surface area contributed by atoms with Crippen LogP contribution >= 0.6 is 0 Å². The van der Waals surface area contributed by atoms with Crippen molar-refractivity contribution in [1.82, 2.24) is 15.3 Å². The fourth-order valence-electron chi connectivity index (χ4n) is 1.30. The third-order valence-electron chi connectivity index (χ3n) is 2.08. The molecule has 0 bridgehead atoms. The van der Waals surface area contributed by atoms with Gasteiger partial charge in [-0.05, 0) is 12.5 Å². The Balaban J connectivity index is 2.58. The van der Waals surface area contributed by atoms with Crippen LogP contribution in [0.2, 0.25) is 0 Å². The van der Waals surface area contributed by atoms with E-state index in [1.807, 2.05) is 6.08 Å². The normalized spacial score (nSPS) is 11.8. The summed E-state index contributed by atoms with van der Waals surface area (Å²) in [5.74, 6) is 0.639. The predicted molar refractivity (Wildman–Crippen MR) is 63.1 cm³/mol. The van der Waals surface area contributed by atoms with Crippen LogP contribution in [0.1, 0.15) is 25.6 Å². The zero-order valence-corrected chi connectivity index (χ0v) is 9.11. The zero-order valence-electron chi connectivity index (χ0n) is 9.11. The smallest absolute Gasteiger partial charge is 0.174 e. The first-order valence-corrected chi connectivity index (χ1v) is 5.13. The molecule has 3 heteroatoms. The Morgan fingerprint density at radius 2 is 2.20 bits per heavy atom. The summed E-state index contributed by atoms with van der Waals surface area (Å²) in [4.78, 5) is 8.24. The highest BCUT2D eigenvalue weighted by Crippen LogP contribution is 2.06. The third-order valence-corrected chi connectivity index (χ3v) is 2.08. The van der Waals surface area contributed by atoms with Crippen molar-refractivity contribution in [2.75, 3.05) is 0 Å². The Bertz CT molecular complexity index is 319. The van der Waals surface area contributed by atoms with E-state index in [1.165, 1.54) is 0 Å². The molecule has 0 aliphatic rings. The summed E-state index contributed by atoms with van der Waals surface area (Å²) in [6.07, 6.45) is 7.44. The molecule has 1 aromatic heterocycles. The first kappa shape index (κ1) is 11.4. The van der Waals surface area contributed by atoms with Crippen LogP contribution in [-0.4, -0.2) is 16.0 Å². The van der Waals surface area contributed by atoms with Crippen LogP contribution in [0.4, 0.5) is 0 Å². The van der Waals surface area contributed by atoms with Gasteiger partial charge in [-0.25, -0.2) is 9.97 Å².